The third-order valence-electron chi connectivity index (χ3n) is 4.77. The Hall–Kier alpha value is -3.48. The average Bonchev–Trinajstić information content (AvgIpc) is 3.36. The van der Waals surface area contributed by atoms with Gasteiger partial charge in [-0.05, 0) is 30.2 Å². The standard InChI is InChI=1S/C19H17N7/c1-3-12-9-15(13-10-22-23-11-13)24-19-16(12)26-8-7-21-18(26)14-5-4-6-20-17(14)25(19)2/h4-11H,3H2,1-2H3,(H,22,23). The van der Waals surface area contributed by atoms with E-state index in [1.54, 1.807) is 12.4 Å². The molecule has 1 N–H and O–H groups in total. The van der Waals surface area contributed by atoms with Gasteiger partial charge < -0.3 is 4.90 Å². The number of nitrogens with zero attached hydrogens (tertiary/aromatic N) is 6. The lowest BCUT2D eigenvalue weighted by atomic mass is 10.1. The lowest BCUT2D eigenvalue weighted by Crippen LogP contribution is -2.15. The number of H-pyrrole nitrogens is 1. The van der Waals surface area contributed by atoms with Gasteiger partial charge in [-0.25, -0.2) is 15.0 Å². The Kier molecular flexibility index (Phi) is 3.15. The summed E-state index contributed by atoms with van der Waals surface area (Å²) in [6.07, 6.45) is 10.1. The Morgan fingerprint density at radius 3 is 2.88 bits per heavy atom. The molecule has 7 heteroatoms. The monoisotopic (exact) mass is 343 g/mol. The fraction of sp³-hybridized carbons (Fsp3) is 0.158. The molecule has 1 aliphatic heterocycles. The number of imidazole rings is 1. The van der Waals surface area contributed by atoms with Gasteiger partial charge in [0, 0.05) is 37.4 Å². The number of pyridine rings is 2. The zero-order valence-corrected chi connectivity index (χ0v) is 14.5. The van der Waals surface area contributed by atoms with Crippen LogP contribution in [0, 0.1) is 0 Å². The van der Waals surface area contributed by atoms with Crippen molar-refractivity contribution < 1.29 is 0 Å². The highest BCUT2D eigenvalue weighted by molar-refractivity contribution is 5.84. The van der Waals surface area contributed by atoms with E-state index in [9.17, 15) is 0 Å². The van der Waals surface area contributed by atoms with Crippen molar-refractivity contribution in [3.8, 4) is 28.3 Å². The van der Waals surface area contributed by atoms with Gasteiger partial charge in [-0.1, -0.05) is 6.92 Å². The van der Waals surface area contributed by atoms with E-state index >= 15 is 0 Å². The summed E-state index contributed by atoms with van der Waals surface area (Å²) in [5.74, 6) is 2.58. The number of aryl methyl sites for hydroxylation is 1. The van der Waals surface area contributed by atoms with Gasteiger partial charge in [-0.15, -0.1) is 0 Å². The fourth-order valence-corrected chi connectivity index (χ4v) is 3.50. The number of hydrogen-bond acceptors (Lipinski definition) is 5. The summed E-state index contributed by atoms with van der Waals surface area (Å²) < 4.78 is 2.12. The SMILES string of the molecule is CCc1cc(-c2cn[nH]c2)nc2c1-n1ccnc1-c1cccnc1N2C. The molecule has 0 atom stereocenters. The van der Waals surface area contributed by atoms with E-state index in [1.807, 2.05) is 42.7 Å². The van der Waals surface area contributed by atoms with Crippen LogP contribution in [0.15, 0.2) is 49.2 Å². The highest BCUT2D eigenvalue weighted by atomic mass is 15.3. The van der Waals surface area contributed by atoms with Gasteiger partial charge in [0.2, 0.25) is 0 Å². The van der Waals surface area contributed by atoms with Crippen LogP contribution in [0.25, 0.3) is 28.3 Å². The number of aromatic amines is 1. The quantitative estimate of drug-likeness (QED) is 0.604. The average molecular weight is 343 g/mol. The highest BCUT2D eigenvalue weighted by Gasteiger charge is 2.27. The van der Waals surface area contributed by atoms with Gasteiger partial charge in [-0.3, -0.25) is 9.67 Å². The smallest absolute Gasteiger partial charge is 0.159 e. The van der Waals surface area contributed by atoms with Crippen LogP contribution < -0.4 is 4.90 Å². The van der Waals surface area contributed by atoms with Crippen molar-refractivity contribution in [1.82, 2.24) is 29.7 Å². The Balaban J connectivity index is 1.87. The van der Waals surface area contributed by atoms with Gasteiger partial charge in [-0.2, -0.15) is 5.10 Å². The molecule has 0 radical (unpaired) electrons. The molecule has 0 unspecified atom stereocenters. The van der Waals surface area contributed by atoms with Crippen molar-refractivity contribution in [2.75, 3.05) is 11.9 Å². The largest absolute Gasteiger partial charge is 0.312 e. The number of hydrogen-bond donors (Lipinski definition) is 1. The first-order valence-corrected chi connectivity index (χ1v) is 8.54. The summed E-state index contributed by atoms with van der Waals surface area (Å²) >= 11 is 0. The number of nitrogens with one attached hydrogen (secondary N) is 1. The van der Waals surface area contributed by atoms with Crippen LogP contribution in [-0.4, -0.2) is 36.8 Å². The number of fused-ring (bicyclic) bond motifs is 5. The molecule has 4 aromatic rings. The van der Waals surface area contributed by atoms with Crippen molar-refractivity contribution >= 4 is 11.6 Å². The molecule has 5 heterocycles. The van der Waals surface area contributed by atoms with Gasteiger partial charge in [0.15, 0.2) is 5.82 Å². The summed E-state index contributed by atoms with van der Waals surface area (Å²) in [5.41, 5.74) is 5.09. The van der Waals surface area contributed by atoms with Crippen LogP contribution in [-0.2, 0) is 6.42 Å². The summed E-state index contributed by atoms with van der Waals surface area (Å²) in [6, 6.07) is 6.11. The summed E-state index contributed by atoms with van der Waals surface area (Å²) in [5, 5.41) is 6.93. The van der Waals surface area contributed by atoms with Crippen LogP contribution in [0.4, 0.5) is 11.6 Å². The molecule has 0 saturated carbocycles. The maximum Gasteiger partial charge on any atom is 0.159 e. The van der Waals surface area contributed by atoms with E-state index in [-0.39, 0.29) is 0 Å². The van der Waals surface area contributed by atoms with E-state index in [0.717, 1.165) is 46.4 Å². The van der Waals surface area contributed by atoms with Crippen LogP contribution in [0.3, 0.4) is 0 Å². The Morgan fingerprint density at radius 1 is 1.15 bits per heavy atom. The lowest BCUT2D eigenvalue weighted by molar-refractivity contribution is 0.986. The van der Waals surface area contributed by atoms with E-state index in [1.165, 1.54) is 5.56 Å². The molecule has 5 rings (SSSR count). The van der Waals surface area contributed by atoms with Crippen molar-refractivity contribution in [3.63, 3.8) is 0 Å². The second-order valence-corrected chi connectivity index (χ2v) is 6.23. The van der Waals surface area contributed by atoms with Crippen molar-refractivity contribution in [2.45, 2.75) is 13.3 Å². The molecule has 0 spiro atoms. The highest BCUT2D eigenvalue weighted by Crippen LogP contribution is 2.41. The normalized spacial score (nSPS) is 12.3. The first kappa shape index (κ1) is 14.8. The van der Waals surface area contributed by atoms with Crippen molar-refractivity contribution in [1.29, 1.82) is 0 Å². The zero-order chi connectivity index (χ0) is 17.7. The molecular formula is C19H17N7. The molecule has 0 fully saturated rings. The number of anilines is 2. The van der Waals surface area contributed by atoms with Gasteiger partial charge in [0.05, 0.1) is 23.1 Å². The molecule has 4 aromatic heterocycles. The molecule has 0 amide bonds. The van der Waals surface area contributed by atoms with Crippen molar-refractivity contribution in [2.24, 2.45) is 0 Å². The van der Waals surface area contributed by atoms with Crippen LogP contribution >= 0.6 is 0 Å². The van der Waals surface area contributed by atoms with Gasteiger partial charge in [0.1, 0.15) is 11.6 Å². The maximum atomic E-state index is 4.96. The van der Waals surface area contributed by atoms with Crippen LogP contribution in [0.2, 0.25) is 0 Å². The molecule has 128 valence electrons. The summed E-state index contributed by atoms with van der Waals surface area (Å²) in [4.78, 5) is 16.2. The van der Waals surface area contributed by atoms with Gasteiger partial charge >= 0.3 is 0 Å². The third-order valence-corrected chi connectivity index (χ3v) is 4.77. The minimum absolute atomic E-state index is 0.845. The van der Waals surface area contributed by atoms with E-state index in [2.05, 4.69) is 37.7 Å². The van der Waals surface area contributed by atoms with E-state index in [4.69, 9.17) is 4.98 Å². The van der Waals surface area contributed by atoms with E-state index in [0.29, 0.717) is 0 Å². The topological polar surface area (TPSA) is 75.5 Å². The molecule has 7 nitrogen and oxygen atoms in total. The zero-order valence-electron chi connectivity index (χ0n) is 14.5. The molecule has 0 aliphatic carbocycles. The molecular weight excluding hydrogens is 326 g/mol. The Morgan fingerprint density at radius 2 is 2.08 bits per heavy atom. The predicted octanol–water partition coefficient (Wildman–Crippen LogP) is 3.36. The van der Waals surface area contributed by atoms with Gasteiger partial charge in [0.25, 0.3) is 0 Å². The molecule has 0 aromatic carbocycles. The van der Waals surface area contributed by atoms with Crippen LogP contribution in [0.1, 0.15) is 12.5 Å². The molecule has 1 aliphatic rings. The molecule has 0 saturated heterocycles. The minimum atomic E-state index is 0.845. The predicted molar refractivity (Wildman–Crippen MR) is 99.6 cm³/mol. The summed E-state index contributed by atoms with van der Waals surface area (Å²) in [6.45, 7) is 2.15. The van der Waals surface area contributed by atoms with E-state index < -0.39 is 0 Å². The Labute approximate surface area is 150 Å². The molecule has 26 heavy (non-hydrogen) atoms. The van der Waals surface area contributed by atoms with Crippen molar-refractivity contribution in [3.05, 3.63) is 54.7 Å². The second-order valence-electron chi connectivity index (χ2n) is 6.23. The van der Waals surface area contributed by atoms with Crippen LogP contribution in [0.5, 0.6) is 0 Å². The first-order chi connectivity index (χ1) is 12.8. The fourth-order valence-electron chi connectivity index (χ4n) is 3.50. The lowest BCUT2D eigenvalue weighted by Gasteiger charge is -2.21. The minimum Gasteiger partial charge on any atom is -0.312 e. The maximum absolute atomic E-state index is 4.96. The molecule has 0 bridgehead atoms. The first-order valence-electron chi connectivity index (χ1n) is 8.54. The summed E-state index contributed by atoms with van der Waals surface area (Å²) in [7, 11) is 2.00. The third kappa shape index (κ3) is 2.00. The number of rotatable bonds is 2. The second kappa shape index (κ2) is 5.52. The number of aromatic nitrogens is 6. The Bertz CT molecular complexity index is 1100.